The van der Waals surface area contributed by atoms with E-state index in [0.717, 1.165) is 25.7 Å². The van der Waals surface area contributed by atoms with Crippen LogP contribution in [0.25, 0.3) is 0 Å². The van der Waals surface area contributed by atoms with E-state index in [-0.39, 0.29) is 27.1 Å². The lowest BCUT2D eigenvalue weighted by atomic mass is 10.0. The van der Waals surface area contributed by atoms with Gasteiger partial charge in [-0.05, 0) is 43.0 Å². The summed E-state index contributed by atoms with van der Waals surface area (Å²) in [6.07, 6.45) is 1.32. The highest BCUT2D eigenvalue weighted by Crippen LogP contribution is 2.33. The van der Waals surface area contributed by atoms with Gasteiger partial charge in [-0.15, -0.1) is 0 Å². The molecule has 7 nitrogen and oxygen atoms in total. The Bertz CT molecular complexity index is 1140. The van der Waals surface area contributed by atoms with Crippen LogP contribution in [0.5, 0.6) is 0 Å². The Morgan fingerprint density at radius 2 is 1.67 bits per heavy atom. The van der Waals surface area contributed by atoms with E-state index in [1.54, 1.807) is 0 Å². The number of likely N-dealkylation sites (tertiary alicyclic amines) is 1. The van der Waals surface area contributed by atoms with Crippen molar-refractivity contribution in [1.82, 2.24) is 9.80 Å². The predicted molar refractivity (Wildman–Crippen MR) is 113 cm³/mol. The number of rotatable bonds is 4. The molecule has 0 aliphatic carbocycles. The van der Waals surface area contributed by atoms with Crippen molar-refractivity contribution >= 4 is 33.4 Å². The molecule has 2 amide bonds. The Morgan fingerprint density at radius 1 is 1.07 bits per heavy atom. The van der Waals surface area contributed by atoms with Gasteiger partial charge >= 0.3 is 0 Å². The Balaban J connectivity index is 1.50. The second-order valence-corrected chi connectivity index (χ2v) is 9.72. The number of fused-ring (bicyclic) bond motifs is 1. The van der Waals surface area contributed by atoms with Crippen LogP contribution in [0.4, 0.5) is 0 Å². The third-order valence-electron chi connectivity index (χ3n) is 5.85. The summed E-state index contributed by atoms with van der Waals surface area (Å²) >= 11 is 6.00. The molecule has 30 heavy (non-hydrogen) atoms. The van der Waals surface area contributed by atoms with Crippen LogP contribution in [-0.2, 0) is 16.6 Å². The average Bonchev–Trinajstić information content (AvgIpc) is 2.93. The molecule has 1 saturated heterocycles. The first-order valence-electron chi connectivity index (χ1n) is 9.68. The number of piperidine rings is 1. The number of sulfonamides is 1. The van der Waals surface area contributed by atoms with Crippen LogP contribution in [0, 0.1) is 6.92 Å². The lowest BCUT2D eigenvalue weighted by molar-refractivity contribution is 0.0497. The maximum absolute atomic E-state index is 12.9. The second-order valence-electron chi connectivity index (χ2n) is 7.79. The molecule has 2 aliphatic rings. The second kappa shape index (κ2) is 7.77. The van der Waals surface area contributed by atoms with Crippen molar-refractivity contribution in [3.63, 3.8) is 0 Å². The molecule has 2 aliphatic heterocycles. The van der Waals surface area contributed by atoms with Gasteiger partial charge in [0, 0.05) is 25.7 Å². The zero-order valence-electron chi connectivity index (χ0n) is 16.5. The highest BCUT2D eigenvalue weighted by molar-refractivity contribution is 7.89. The lowest BCUT2D eigenvalue weighted by Crippen LogP contribution is -2.47. The van der Waals surface area contributed by atoms with E-state index in [4.69, 9.17) is 16.7 Å². The van der Waals surface area contributed by atoms with Gasteiger partial charge < -0.3 is 0 Å². The molecule has 0 radical (unpaired) electrons. The standard InChI is InChI=1S/C21H22ClN3O4S/c1-13-4-2-3-5-14(13)12-24-8-6-15(7-9-24)25-20(26)16-10-18(22)19(30(23,28)29)11-17(16)21(25)27/h2-5,10-11,15H,6-9,12H2,1H3,(H2,23,28,29). The molecule has 2 heterocycles. The molecular weight excluding hydrogens is 426 g/mol. The molecule has 9 heteroatoms. The number of carbonyl (C=O) groups excluding carboxylic acids is 2. The highest BCUT2D eigenvalue weighted by atomic mass is 35.5. The van der Waals surface area contributed by atoms with Crippen LogP contribution in [0.15, 0.2) is 41.3 Å². The molecule has 2 aromatic carbocycles. The number of amides is 2. The maximum atomic E-state index is 12.9. The smallest absolute Gasteiger partial charge is 0.261 e. The number of nitrogens with zero attached hydrogens (tertiary/aromatic N) is 2. The first kappa shape index (κ1) is 21.0. The van der Waals surface area contributed by atoms with Crippen molar-refractivity contribution in [2.24, 2.45) is 5.14 Å². The normalized spacial score (nSPS) is 18.2. The quantitative estimate of drug-likeness (QED) is 0.726. The van der Waals surface area contributed by atoms with Crippen molar-refractivity contribution in [2.75, 3.05) is 13.1 Å². The number of imide groups is 1. The Morgan fingerprint density at radius 3 is 2.27 bits per heavy atom. The summed E-state index contributed by atoms with van der Waals surface area (Å²) < 4.78 is 23.4. The first-order chi connectivity index (χ1) is 14.2. The Hall–Kier alpha value is -2.26. The minimum atomic E-state index is -4.10. The van der Waals surface area contributed by atoms with Gasteiger partial charge in [-0.3, -0.25) is 19.4 Å². The number of hydrogen-bond donors (Lipinski definition) is 1. The van der Waals surface area contributed by atoms with Crippen molar-refractivity contribution in [3.05, 3.63) is 63.7 Å². The molecule has 1 fully saturated rings. The molecule has 0 aromatic heterocycles. The van der Waals surface area contributed by atoms with Crippen molar-refractivity contribution in [1.29, 1.82) is 0 Å². The van der Waals surface area contributed by atoms with E-state index in [2.05, 4.69) is 24.0 Å². The van der Waals surface area contributed by atoms with Gasteiger partial charge in [0.15, 0.2) is 0 Å². The monoisotopic (exact) mass is 447 g/mol. The zero-order chi connectivity index (χ0) is 21.6. The molecule has 2 N–H and O–H groups in total. The summed E-state index contributed by atoms with van der Waals surface area (Å²) in [5.41, 5.74) is 2.67. The zero-order valence-corrected chi connectivity index (χ0v) is 18.0. The van der Waals surface area contributed by atoms with Crippen LogP contribution in [0.2, 0.25) is 5.02 Å². The largest absolute Gasteiger partial charge is 0.299 e. The molecule has 2 aromatic rings. The molecule has 0 spiro atoms. The first-order valence-corrected chi connectivity index (χ1v) is 11.6. The minimum Gasteiger partial charge on any atom is -0.299 e. The summed E-state index contributed by atoms with van der Waals surface area (Å²) in [5, 5.41) is 5.01. The van der Waals surface area contributed by atoms with Crippen molar-refractivity contribution in [3.8, 4) is 0 Å². The van der Waals surface area contributed by atoms with E-state index in [9.17, 15) is 18.0 Å². The van der Waals surface area contributed by atoms with Gasteiger partial charge in [0.25, 0.3) is 11.8 Å². The third kappa shape index (κ3) is 3.76. The summed E-state index contributed by atoms with van der Waals surface area (Å²) in [6.45, 7) is 4.43. The average molecular weight is 448 g/mol. The lowest BCUT2D eigenvalue weighted by Gasteiger charge is -2.35. The molecule has 0 saturated carbocycles. The van der Waals surface area contributed by atoms with Gasteiger partial charge in [0.05, 0.1) is 16.1 Å². The van der Waals surface area contributed by atoms with E-state index in [1.807, 2.05) is 12.1 Å². The number of nitrogens with two attached hydrogens (primary N) is 1. The van der Waals surface area contributed by atoms with Gasteiger partial charge in [-0.2, -0.15) is 0 Å². The highest BCUT2D eigenvalue weighted by Gasteiger charge is 2.42. The summed E-state index contributed by atoms with van der Waals surface area (Å²) in [5.74, 6) is -0.927. The van der Waals surface area contributed by atoms with Crippen LogP contribution in [0.3, 0.4) is 0 Å². The van der Waals surface area contributed by atoms with E-state index in [1.165, 1.54) is 22.1 Å². The summed E-state index contributed by atoms with van der Waals surface area (Å²) in [7, 11) is -4.10. The number of carbonyl (C=O) groups is 2. The van der Waals surface area contributed by atoms with Crippen LogP contribution >= 0.6 is 11.6 Å². The fourth-order valence-electron chi connectivity index (χ4n) is 4.17. The Kier molecular flexibility index (Phi) is 5.44. The molecule has 158 valence electrons. The number of aryl methyl sites for hydroxylation is 1. The van der Waals surface area contributed by atoms with Gasteiger partial charge in [-0.1, -0.05) is 35.9 Å². The number of halogens is 1. The fraction of sp³-hybridized carbons (Fsp3) is 0.333. The van der Waals surface area contributed by atoms with Gasteiger partial charge in [0.2, 0.25) is 10.0 Å². The van der Waals surface area contributed by atoms with E-state index in [0.29, 0.717) is 12.8 Å². The molecular formula is C21H22ClN3O4S. The third-order valence-corrected chi connectivity index (χ3v) is 7.23. The maximum Gasteiger partial charge on any atom is 0.261 e. The molecule has 4 rings (SSSR count). The summed E-state index contributed by atoms with van der Waals surface area (Å²) in [4.78, 5) is 29.0. The topological polar surface area (TPSA) is 101 Å². The number of hydrogen-bond acceptors (Lipinski definition) is 5. The molecule has 0 bridgehead atoms. The summed E-state index contributed by atoms with van der Waals surface area (Å²) in [6, 6.07) is 10.3. The van der Waals surface area contributed by atoms with E-state index >= 15 is 0 Å². The minimum absolute atomic E-state index is 0.0377. The number of primary sulfonamides is 1. The van der Waals surface area contributed by atoms with Crippen LogP contribution in [-0.4, -0.2) is 49.2 Å². The SMILES string of the molecule is Cc1ccccc1CN1CCC(N2C(=O)c3cc(Cl)c(S(N)(=O)=O)cc3C2=O)CC1. The van der Waals surface area contributed by atoms with E-state index < -0.39 is 21.8 Å². The predicted octanol–water partition coefficient (Wildman–Crippen LogP) is 2.56. The molecule has 0 atom stereocenters. The van der Waals surface area contributed by atoms with Crippen molar-refractivity contribution in [2.45, 2.75) is 37.2 Å². The van der Waals surface area contributed by atoms with Crippen LogP contribution < -0.4 is 5.14 Å². The van der Waals surface area contributed by atoms with Gasteiger partial charge in [-0.25, -0.2) is 13.6 Å². The fourth-order valence-corrected chi connectivity index (χ4v) is 5.27. The van der Waals surface area contributed by atoms with Crippen LogP contribution in [0.1, 0.15) is 44.7 Å². The Labute approximate surface area is 180 Å². The van der Waals surface area contributed by atoms with Crippen molar-refractivity contribution < 1.29 is 18.0 Å². The number of benzene rings is 2. The molecule has 0 unspecified atom stereocenters. The van der Waals surface area contributed by atoms with Gasteiger partial charge in [0.1, 0.15) is 4.90 Å².